The van der Waals surface area contributed by atoms with Crippen LogP contribution in [0.4, 0.5) is 0 Å². The molecule has 98 valence electrons. The van der Waals surface area contributed by atoms with Gasteiger partial charge in [0.05, 0.1) is 0 Å². The molecule has 0 saturated carbocycles. The molecule has 1 nitrogen and oxygen atoms in total. The molecule has 0 radical (unpaired) electrons. The maximum absolute atomic E-state index is 9.23. The third-order valence-corrected chi connectivity index (χ3v) is 3.90. The van der Waals surface area contributed by atoms with Gasteiger partial charge in [-0.2, -0.15) is 0 Å². The molecule has 0 heterocycles. The zero-order valence-electron chi connectivity index (χ0n) is 11.9. The third kappa shape index (κ3) is 2.24. The van der Waals surface area contributed by atoms with Crippen LogP contribution in [0, 0.1) is 0 Å². The van der Waals surface area contributed by atoms with Gasteiger partial charge in [0, 0.05) is 12.5 Å². The van der Waals surface area contributed by atoms with E-state index >= 15 is 0 Å². The lowest BCUT2D eigenvalue weighted by Crippen LogP contribution is -2.05. The van der Waals surface area contributed by atoms with E-state index in [0.29, 0.717) is 17.8 Å². The van der Waals surface area contributed by atoms with Crippen molar-refractivity contribution in [3.8, 4) is 0 Å². The molecule has 0 bridgehead atoms. The SMILES string of the molecule is CC(C)c1ccc(C(C)C)c2c1C=CC2CCO. The molecule has 0 saturated heterocycles. The fourth-order valence-electron chi connectivity index (χ4n) is 2.97. The smallest absolute Gasteiger partial charge is 0.0439 e. The van der Waals surface area contributed by atoms with Gasteiger partial charge in [-0.15, -0.1) is 0 Å². The first-order valence-electron chi connectivity index (χ1n) is 7.02. The van der Waals surface area contributed by atoms with Gasteiger partial charge in [0.25, 0.3) is 0 Å². The molecule has 0 aromatic heterocycles. The van der Waals surface area contributed by atoms with Crippen molar-refractivity contribution in [1.29, 1.82) is 0 Å². The van der Waals surface area contributed by atoms with Gasteiger partial charge >= 0.3 is 0 Å². The van der Waals surface area contributed by atoms with Crippen LogP contribution >= 0.6 is 0 Å². The van der Waals surface area contributed by atoms with Gasteiger partial charge in [-0.05, 0) is 40.5 Å². The predicted octanol–water partition coefficient (Wildman–Crippen LogP) is 4.43. The van der Waals surface area contributed by atoms with Crippen LogP contribution in [0.25, 0.3) is 6.08 Å². The second-order valence-corrected chi connectivity index (χ2v) is 5.86. The van der Waals surface area contributed by atoms with Crippen molar-refractivity contribution in [2.24, 2.45) is 0 Å². The van der Waals surface area contributed by atoms with Crippen LogP contribution < -0.4 is 0 Å². The Kier molecular flexibility index (Phi) is 3.91. The molecule has 18 heavy (non-hydrogen) atoms. The minimum atomic E-state index is 0.262. The Morgan fingerprint density at radius 2 is 1.67 bits per heavy atom. The zero-order valence-corrected chi connectivity index (χ0v) is 11.9. The highest BCUT2D eigenvalue weighted by Crippen LogP contribution is 2.41. The monoisotopic (exact) mass is 244 g/mol. The molecule has 1 unspecified atom stereocenters. The van der Waals surface area contributed by atoms with Gasteiger partial charge < -0.3 is 5.11 Å². The number of fused-ring (bicyclic) bond motifs is 1. The Balaban J connectivity index is 2.55. The molecular weight excluding hydrogens is 220 g/mol. The van der Waals surface area contributed by atoms with E-state index in [1.54, 1.807) is 0 Å². The third-order valence-electron chi connectivity index (χ3n) is 3.90. The van der Waals surface area contributed by atoms with Crippen molar-refractivity contribution in [3.05, 3.63) is 40.5 Å². The standard InChI is InChI=1S/C17H24O/c1-11(2)14-7-8-15(12(3)4)17-13(9-10-18)5-6-16(14)17/h5-8,11-13,18H,9-10H2,1-4H3. The minimum Gasteiger partial charge on any atom is -0.396 e. The van der Waals surface area contributed by atoms with Crippen LogP contribution in [0.15, 0.2) is 18.2 Å². The zero-order chi connectivity index (χ0) is 13.3. The first-order chi connectivity index (χ1) is 8.56. The number of aliphatic hydroxyl groups excluding tert-OH is 1. The predicted molar refractivity (Wildman–Crippen MR) is 78.1 cm³/mol. The van der Waals surface area contributed by atoms with E-state index in [0.717, 1.165) is 6.42 Å². The lowest BCUT2D eigenvalue weighted by molar-refractivity contribution is 0.283. The quantitative estimate of drug-likeness (QED) is 0.831. The molecule has 1 N–H and O–H groups in total. The van der Waals surface area contributed by atoms with Gasteiger partial charge in [0.15, 0.2) is 0 Å². The lowest BCUT2D eigenvalue weighted by atomic mass is 9.84. The summed E-state index contributed by atoms with van der Waals surface area (Å²) in [6, 6.07) is 4.57. The summed E-state index contributed by atoms with van der Waals surface area (Å²) in [6.45, 7) is 9.26. The second-order valence-electron chi connectivity index (χ2n) is 5.86. The Morgan fingerprint density at radius 1 is 1.06 bits per heavy atom. The van der Waals surface area contributed by atoms with E-state index in [4.69, 9.17) is 0 Å². The number of benzene rings is 1. The van der Waals surface area contributed by atoms with Gasteiger partial charge in [-0.25, -0.2) is 0 Å². The fraction of sp³-hybridized carbons (Fsp3) is 0.529. The van der Waals surface area contributed by atoms with E-state index in [9.17, 15) is 5.11 Å². The lowest BCUT2D eigenvalue weighted by Gasteiger charge is -2.21. The van der Waals surface area contributed by atoms with Crippen LogP contribution in [0.5, 0.6) is 0 Å². The maximum Gasteiger partial charge on any atom is 0.0439 e. The summed E-state index contributed by atoms with van der Waals surface area (Å²) in [6.07, 6.45) is 5.36. The van der Waals surface area contributed by atoms with Gasteiger partial charge in [0.1, 0.15) is 0 Å². The summed E-state index contributed by atoms with van der Waals surface area (Å²) in [7, 11) is 0. The summed E-state index contributed by atoms with van der Waals surface area (Å²) in [5.74, 6) is 1.50. The van der Waals surface area contributed by atoms with Crippen molar-refractivity contribution in [2.45, 2.75) is 51.9 Å². The van der Waals surface area contributed by atoms with Crippen LogP contribution in [-0.2, 0) is 0 Å². The summed E-state index contributed by atoms with van der Waals surface area (Å²) in [5, 5.41) is 9.23. The molecule has 1 aliphatic carbocycles. The van der Waals surface area contributed by atoms with E-state index < -0.39 is 0 Å². The van der Waals surface area contributed by atoms with Gasteiger partial charge in [-0.1, -0.05) is 52.0 Å². The Bertz CT molecular complexity index is 455. The minimum absolute atomic E-state index is 0.262. The summed E-state index contributed by atoms with van der Waals surface area (Å²) in [4.78, 5) is 0. The molecule has 1 aliphatic rings. The molecule has 2 rings (SSSR count). The van der Waals surface area contributed by atoms with E-state index in [1.165, 1.54) is 22.3 Å². The van der Waals surface area contributed by atoms with Crippen LogP contribution in [0.1, 0.15) is 74.1 Å². The second kappa shape index (κ2) is 5.27. The topological polar surface area (TPSA) is 20.2 Å². The number of aliphatic hydroxyl groups is 1. The molecule has 0 amide bonds. The molecule has 0 spiro atoms. The van der Waals surface area contributed by atoms with Crippen LogP contribution in [0.2, 0.25) is 0 Å². The van der Waals surface area contributed by atoms with Crippen molar-refractivity contribution in [1.82, 2.24) is 0 Å². The summed E-state index contributed by atoms with van der Waals surface area (Å²) >= 11 is 0. The summed E-state index contributed by atoms with van der Waals surface area (Å²) in [5.41, 5.74) is 5.75. The molecule has 1 atom stereocenters. The highest BCUT2D eigenvalue weighted by Gasteiger charge is 2.24. The largest absolute Gasteiger partial charge is 0.396 e. The molecule has 1 aromatic carbocycles. The molecule has 1 aromatic rings. The van der Waals surface area contributed by atoms with Gasteiger partial charge in [0.2, 0.25) is 0 Å². The van der Waals surface area contributed by atoms with E-state index in [1.807, 2.05) is 0 Å². The number of hydrogen-bond acceptors (Lipinski definition) is 1. The van der Waals surface area contributed by atoms with Crippen molar-refractivity contribution < 1.29 is 5.11 Å². The summed E-state index contributed by atoms with van der Waals surface area (Å²) < 4.78 is 0. The number of allylic oxidation sites excluding steroid dienone is 1. The Hall–Kier alpha value is -1.08. The number of hydrogen-bond donors (Lipinski definition) is 1. The molecule has 0 fully saturated rings. The van der Waals surface area contributed by atoms with Crippen molar-refractivity contribution in [2.75, 3.05) is 6.61 Å². The van der Waals surface area contributed by atoms with E-state index in [2.05, 4.69) is 52.0 Å². The van der Waals surface area contributed by atoms with Crippen molar-refractivity contribution >= 4 is 6.08 Å². The van der Waals surface area contributed by atoms with E-state index in [-0.39, 0.29) is 6.61 Å². The Morgan fingerprint density at radius 3 is 2.22 bits per heavy atom. The first-order valence-corrected chi connectivity index (χ1v) is 7.02. The highest BCUT2D eigenvalue weighted by atomic mass is 16.3. The molecular formula is C17H24O. The van der Waals surface area contributed by atoms with Crippen LogP contribution in [0.3, 0.4) is 0 Å². The van der Waals surface area contributed by atoms with Crippen molar-refractivity contribution in [3.63, 3.8) is 0 Å². The van der Waals surface area contributed by atoms with Gasteiger partial charge in [-0.3, -0.25) is 0 Å². The average molecular weight is 244 g/mol. The average Bonchev–Trinajstić information content (AvgIpc) is 2.72. The van der Waals surface area contributed by atoms with Crippen LogP contribution in [-0.4, -0.2) is 11.7 Å². The normalized spacial score (nSPS) is 17.8. The molecule has 1 heteroatoms. The fourth-order valence-corrected chi connectivity index (χ4v) is 2.97. The highest BCUT2D eigenvalue weighted by molar-refractivity contribution is 5.68. The molecule has 0 aliphatic heterocycles. The number of rotatable bonds is 4. The Labute approximate surface area is 111 Å². The first kappa shape index (κ1) is 13.4. The maximum atomic E-state index is 9.23.